The third-order valence-corrected chi connectivity index (χ3v) is 5.89. The van der Waals surface area contributed by atoms with Crippen molar-refractivity contribution >= 4 is 10.0 Å². The van der Waals surface area contributed by atoms with Crippen molar-refractivity contribution in [3.05, 3.63) is 47.5 Å². The largest absolute Gasteiger partial charge is 0.436 e. The summed E-state index contributed by atoms with van der Waals surface area (Å²) in [6, 6.07) is 4.20. The first-order chi connectivity index (χ1) is 12.1. The number of alkyl halides is 3. The van der Waals surface area contributed by atoms with Gasteiger partial charge in [0.05, 0.1) is 19.3 Å². The molecule has 1 aliphatic rings. The fraction of sp³-hybridized carbons (Fsp3) is 0.400. The van der Waals surface area contributed by atoms with Gasteiger partial charge in [0.15, 0.2) is 5.69 Å². The van der Waals surface area contributed by atoms with Gasteiger partial charge in [-0.1, -0.05) is 12.1 Å². The van der Waals surface area contributed by atoms with E-state index in [1.54, 1.807) is 0 Å². The number of morpholine rings is 1. The van der Waals surface area contributed by atoms with E-state index < -0.39 is 38.6 Å². The molecule has 2 heterocycles. The van der Waals surface area contributed by atoms with Gasteiger partial charge in [0.2, 0.25) is 10.0 Å². The molecule has 1 aromatic carbocycles. The molecule has 0 saturated carbocycles. The molecule has 0 bridgehead atoms. The highest BCUT2D eigenvalue weighted by Gasteiger charge is 2.44. The minimum absolute atomic E-state index is 0.0402. The molecule has 1 fully saturated rings. The van der Waals surface area contributed by atoms with Crippen molar-refractivity contribution in [2.45, 2.75) is 17.1 Å². The maximum absolute atomic E-state index is 13.2. The Kier molecular flexibility index (Phi) is 4.80. The van der Waals surface area contributed by atoms with Crippen LogP contribution in [0.25, 0.3) is 0 Å². The number of aromatic nitrogens is 2. The highest BCUT2D eigenvalue weighted by atomic mass is 32.2. The van der Waals surface area contributed by atoms with Crippen LogP contribution in [0, 0.1) is 5.82 Å². The zero-order valence-electron chi connectivity index (χ0n) is 13.6. The van der Waals surface area contributed by atoms with Crippen molar-refractivity contribution in [2.75, 3.05) is 19.8 Å². The van der Waals surface area contributed by atoms with Crippen molar-refractivity contribution in [1.29, 1.82) is 0 Å². The van der Waals surface area contributed by atoms with Gasteiger partial charge in [0.1, 0.15) is 10.7 Å². The summed E-state index contributed by atoms with van der Waals surface area (Å²) in [6.45, 7) is -0.137. The van der Waals surface area contributed by atoms with Crippen LogP contribution < -0.4 is 0 Å². The van der Waals surface area contributed by atoms with Crippen LogP contribution >= 0.6 is 0 Å². The average molecular weight is 393 g/mol. The van der Waals surface area contributed by atoms with E-state index in [2.05, 4.69) is 5.10 Å². The summed E-state index contributed by atoms with van der Waals surface area (Å²) < 4.78 is 85.7. The number of halogens is 4. The van der Waals surface area contributed by atoms with Gasteiger partial charge in [0.25, 0.3) is 0 Å². The summed E-state index contributed by atoms with van der Waals surface area (Å²) in [7, 11) is -3.29. The summed E-state index contributed by atoms with van der Waals surface area (Å²) in [4.78, 5) is -0.915. The molecule has 0 N–H and O–H groups in total. The first-order valence-electron chi connectivity index (χ1n) is 7.56. The number of benzene rings is 1. The van der Waals surface area contributed by atoms with Gasteiger partial charge in [-0.25, -0.2) is 12.8 Å². The molecule has 1 aromatic heterocycles. The Balaban J connectivity index is 2.06. The molecule has 11 heteroatoms. The van der Waals surface area contributed by atoms with Gasteiger partial charge in [-0.2, -0.15) is 22.6 Å². The molecular weight excluding hydrogens is 378 g/mol. The summed E-state index contributed by atoms with van der Waals surface area (Å²) in [6.07, 6.45) is -4.09. The van der Waals surface area contributed by atoms with E-state index in [9.17, 15) is 26.0 Å². The van der Waals surface area contributed by atoms with E-state index in [0.717, 1.165) is 27.3 Å². The zero-order chi connectivity index (χ0) is 19.1. The number of sulfonamides is 1. The van der Waals surface area contributed by atoms with E-state index in [0.29, 0.717) is 5.56 Å². The van der Waals surface area contributed by atoms with E-state index in [1.807, 2.05) is 0 Å². The summed E-state index contributed by atoms with van der Waals surface area (Å²) in [5, 5.41) is 3.26. The summed E-state index contributed by atoms with van der Waals surface area (Å²) in [5.74, 6) is -0.508. The second kappa shape index (κ2) is 6.63. The topological polar surface area (TPSA) is 64.4 Å². The highest BCUT2D eigenvalue weighted by molar-refractivity contribution is 7.89. The van der Waals surface area contributed by atoms with Crippen LogP contribution in [0.15, 0.2) is 35.4 Å². The molecule has 26 heavy (non-hydrogen) atoms. The van der Waals surface area contributed by atoms with Crippen molar-refractivity contribution in [3.63, 3.8) is 0 Å². The van der Waals surface area contributed by atoms with Crippen molar-refractivity contribution in [3.8, 4) is 0 Å². The van der Waals surface area contributed by atoms with Gasteiger partial charge in [-0.15, -0.1) is 0 Å². The van der Waals surface area contributed by atoms with Crippen LogP contribution in [0.4, 0.5) is 17.6 Å². The molecule has 0 spiro atoms. The fourth-order valence-electron chi connectivity index (χ4n) is 2.80. The fourth-order valence-corrected chi connectivity index (χ4v) is 4.57. The van der Waals surface area contributed by atoms with E-state index in [1.165, 1.54) is 19.2 Å². The SMILES string of the molecule is Cn1cc(S(=O)(=O)N2CCOCC2c2ccc(F)cc2)c(C(F)(F)F)n1. The summed E-state index contributed by atoms with van der Waals surface area (Å²) >= 11 is 0. The Morgan fingerprint density at radius 3 is 2.50 bits per heavy atom. The quantitative estimate of drug-likeness (QED) is 0.751. The molecule has 1 saturated heterocycles. The monoisotopic (exact) mass is 393 g/mol. The minimum Gasteiger partial charge on any atom is -0.378 e. The predicted molar refractivity (Wildman–Crippen MR) is 82.1 cm³/mol. The van der Waals surface area contributed by atoms with Gasteiger partial charge in [-0.05, 0) is 17.7 Å². The smallest absolute Gasteiger partial charge is 0.378 e. The lowest BCUT2D eigenvalue weighted by molar-refractivity contribution is -0.143. The Bertz CT molecular complexity index is 894. The summed E-state index contributed by atoms with van der Waals surface area (Å²) in [5.41, 5.74) is -1.04. The number of aryl methyl sites for hydroxylation is 1. The molecule has 0 aliphatic carbocycles. The maximum atomic E-state index is 13.2. The number of hydrogen-bond acceptors (Lipinski definition) is 4. The standard InChI is InChI=1S/C15H15F4N3O3S/c1-21-8-13(14(20-21)15(17,18)19)26(23,24)22-6-7-25-9-12(22)10-2-4-11(16)5-3-10/h2-5,8,12H,6-7,9H2,1H3. The Morgan fingerprint density at radius 1 is 1.23 bits per heavy atom. The Labute approximate surface area is 147 Å². The van der Waals surface area contributed by atoms with Crippen LogP contribution in [0.2, 0.25) is 0 Å². The number of hydrogen-bond donors (Lipinski definition) is 0. The molecule has 1 atom stereocenters. The molecule has 6 nitrogen and oxygen atoms in total. The molecule has 142 valence electrons. The van der Waals surface area contributed by atoms with Crippen LogP contribution in [0.3, 0.4) is 0 Å². The lowest BCUT2D eigenvalue weighted by atomic mass is 10.1. The maximum Gasteiger partial charge on any atom is 0.436 e. The van der Waals surface area contributed by atoms with Crippen molar-refractivity contribution < 1.29 is 30.7 Å². The van der Waals surface area contributed by atoms with Crippen LogP contribution in [0.5, 0.6) is 0 Å². The number of ether oxygens (including phenoxy) is 1. The van der Waals surface area contributed by atoms with Gasteiger partial charge in [-0.3, -0.25) is 4.68 Å². The van der Waals surface area contributed by atoms with Crippen LogP contribution in [-0.4, -0.2) is 42.3 Å². The van der Waals surface area contributed by atoms with E-state index in [-0.39, 0.29) is 19.8 Å². The molecule has 1 aliphatic heterocycles. The first kappa shape index (κ1) is 18.8. The zero-order valence-corrected chi connectivity index (χ0v) is 14.4. The molecule has 1 unspecified atom stereocenters. The van der Waals surface area contributed by atoms with E-state index >= 15 is 0 Å². The molecule has 0 amide bonds. The van der Waals surface area contributed by atoms with Crippen molar-refractivity contribution in [1.82, 2.24) is 14.1 Å². The van der Waals surface area contributed by atoms with Crippen molar-refractivity contribution in [2.24, 2.45) is 7.05 Å². The molecule has 2 aromatic rings. The second-order valence-corrected chi connectivity index (χ2v) is 7.63. The Morgan fingerprint density at radius 2 is 1.88 bits per heavy atom. The number of rotatable bonds is 3. The highest BCUT2D eigenvalue weighted by Crippen LogP contribution is 2.37. The second-order valence-electron chi connectivity index (χ2n) is 5.77. The Hall–Kier alpha value is -1.98. The third kappa shape index (κ3) is 3.46. The predicted octanol–water partition coefficient (Wildman–Crippen LogP) is 2.34. The number of nitrogens with zero attached hydrogens (tertiary/aromatic N) is 3. The van der Waals surface area contributed by atoms with Gasteiger partial charge < -0.3 is 4.74 Å². The normalized spacial score (nSPS) is 19.7. The van der Waals surface area contributed by atoms with Gasteiger partial charge >= 0.3 is 6.18 Å². The lowest BCUT2D eigenvalue weighted by Gasteiger charge is -2.34. The van der Waals surface area contributed by atoms with Crippen LogP contribution in [0.1, 0.15) is 17.3 Å². The third-order valence-electron chi connectivity index (χ3n) is 3.98. The van der Waals surface area contributed by atoms with E-state index in [4.69, 9.17) is 4.74 Å². The minimum atomic E-state index is -4.92. The first-order valence-corrected chi connectivity index (χ1v) is 9.00. The molecular formula is C15H15F4N3O3S. The molecule has 3 rings (SSSR count). The average Bonchev–Trinajstić information content (AvgIpc) is 2.99. The molecule has 0 radical (unpaired) electrons. The van der Waals surface area contributed by atoms with Gasteiger partial charge in [0, 0.05) is 19.8 Å². The van der Waals surface area contributed by atoms with Crippen LogP contribution in [-0.2, 0) is 28.0 Å². The lowest BCUT2D eigenvalue weighted by Crippen LogP contribution is -2.43.